The fourth-order valence-electron chi connectivity index (χ4n) is 4.83. The molecule has 0 saturated carbocycles. The highest BCUT2D eigenvalue weighted by molar-refractivity contribution is 5.70. The van der Waals surface area contributed by atoms with E-state index in [2.05, 4.69) is 36.8 Å². The summed E-state index contributed by atoms with van der Waals surface area (Å²) >= 11 is 0. The topological polar surface area (TPSA) is 110 Å². The Labute approximate surface area is 169 Å². The van der Waals surface area contributed by atoms with E-state index in [0.717, 1.165) is 42.4 Å². The molecule has 3 aromatic rings. The largest absolute Gasteiger partial charge is 0.366 e. The molecular weight excluding hydrogens is 366 g/mol. The number of nitrogens with zero attached hydrogens (tertiary/aromatic N) is 6. The molecule has 5 rings (SSSR count). The van der Waals surface area contributed by atoms with Gasteiger partial charge in [-0.05, 0) is 32.6 Å². The van der Waals surface area contributed by atoms with Crippen LogP contribution in [0.4, 0.5) is 17.5 Å². The molecular formula is C20H25N9. The maximum Gasteiger partial charge on any atom is 0.180 e. The normalized spacial score (nSPS) is 23.9. The highest BCUT2D eigenvalue weighted by Crippen LogP contribution is 2.36. The number of nitriles is 1. The van der Waals surface area contributed by atoms with E-state index in [4.69, 9.17) is 10.2 Å². The van der Waals surface area contributed by atoms with E-state index in [9.17, 15) is 0 Å². The Morgan fingerprint density at radius 3 is 2.83 bits per heavy atom. The first-order chi connectivity index (χ1) is 14.2. The smallest absolute Gasteiger partial charge is 0.180 e. The second-order valence-electron chi connectivity index (χ2n) is 8.04. The lowest BCUT2D eigenvalue weighted by Crippen LogP contribution is -2.47. The Bertz CT molecular complexity index is 1030. The van der Waals surface area contributed by atoms with E-state index in [0.29, 0.717) is 30.4 Å². The second-order valence-corrected chi connectivity index (χ2v) is 8.04. The summed E-state index contributed by atoms with van der Waals surface area (Å²) in [6.07, 6.45) is 11.0. The van der Waals surface area contributed by atoms with Gasteiger partial charge in [0.05, 0.1) is 12.3 Å². The van der Waals surface area contributed by atoms with Gasteiger partial charge in [0.25, 0.3) is 0 Å². The monoisotopic (exact) mass is 391 g/mol. The van der Waals surface area contributed by atoms with Crippen LogP contribution in [0.1, 0.15) is 37.8 Å². The third-order valence-corrected chi connectivity index (χ3v) is 6.04. The summed E-state index contributed by atoms with van der Waals surface area (Å²) in [5.41, 5.74) is 1.75. The zero-order chi connectivity index (χ0) is 19.8. The zero-order valence-electron chi connectivity index (χ0n) is 16.5. The summed E-state index contributed by atoms with van der Waals surface area (Å²) in [7, 11) is 0. The molecule has 3 aromatic heterocycles. The third kappa shape index (κ3) is 3.51. The number of hydrogen-bond donors (Lipinski definition) is 3. The van der Waals surface area contributed by atoms with Crippen LogP contribution < -0.4 is 10.6 Å². The maximum absolute atomic E-state index is 8.92. The van der Waals surface area contributed by atoms with Crippen molar-refractivity contribution >= 4 is 23.1 Å². The molecule has 9 nitrogen and oxygen atoms in total. The van der Waals surface area contributed by atoms with Crippen LogP contribution in [0.5, 0.6) is 0 Å². The van der Waals surface area contributed by atoms with Gasteiger partial charge in [-0.1, -0.05) is 0 Å². The predicted molar refractivity (Wildman–Crippen MR) is 110 cm³/mol. The number of aromatic amines is 1. The average molecular weight is 391 g/mol. The van der Waals surface area contributed by atoms with Gasteiger partial charge in [-0.15, -0.1) is 0 Å². The Kier molecular flexibility index (Phi) is 4.56. The molecule has 3 atom stereocenters. The molecule has 2 aliphatic heterocycles. The quantitative estimate of drug-likeness (QED) is 0.593. The van der Waals surface area contributed by atoms with Gasteiger partial charge >= 0.3 is 0 Å². The summed E-state index contributed by atoms with van der Waals surface area (Å²) in [6.45, 7) is 2.86. The molecule has 29 heavy (non-hydrogen) atoms. The van der Waals surface area contributed by atoms with E-state index in [1.54, 1.807) is 6.20 Å². The number of aromatic nitrogens is 5. The molecule has 150 valence electrons. The molecule has 9 heteroatoms. The van der Waals surface area contributed by atoms with E-state index in [-0.39, 0.29) is 0 Å². The molecule has 0 aliphatic carbocycles. The Morgan fingerprint density at radius 1 is 1.28 bits per heavy atom. The standard InChI is InChI=1S/C20H25N9/c1-13-9-17(27-26-13)24-19-20-22-6-8-28(20)12-18(25-19)23-14-10-15-3-4-16(11-14)29(15)7-2-5-21/h6,8-9,12,14-16,23H,2-4,7,10-11H2,1H3,(H2,24,25,26,27)/t14?,15-,16?/m0/s1. The molecule has 2 aliphatic rings. The first kappa shape index (κ1) is 17.9. The molecule has 3 N–H and O–H groups in total. The van der Waals surface area contributed by atoms with Gasteiger partial charge in [-0.25, -0.2) is 9.97 Å². The predicted octanol–water partition coefficient (Wildman–Crippen LogP) is 2.83. The number of imidazole rings is 1. The number of fused-ring (bicyclic) bond motifs is 3. The van der Waals surface area contributed by atoms with Gasteiger partial charge in [0.2, 0.25) is 0 Å². The Morgan fingerprint density at radius 2 is 2.10 bits per heavy atom. The van der Waals surface area contributed by atoms with Gasteiger partial charge in [-0.2, -0.15) is 10.4 Å². The number of aryl methyl sites for hydroxylation is 1. The minimum atomic E-state index is 0.389. The number of hydrogen-bond acceptors (Lipinski definition) is 7. The van der Waals surface area contributed by atoms with Crippen molar-refractivity contribution in [3.63, 3.8) is 0 Å². The minimum Gasteiger partial charge on any atom is -0.366 e. The fraction of sp³-hybridized carbons (Fsp3) is 0.500. The summed E-state index contributed by atoms with van der Waals surface area (Å²) < 4.78 is 1.98. The van der Waals surface area contributed by atoms with Crippen LogP contribution in [0, 0.1) is 18.3 Å². The van der Waals surface area contributed by atoms with Crippen molar-refractivity contribution < 1.29 is 0 Å². The SMILES string of the molecule is Cc1cc(Nc2nc(NC3CC4CC[C@@H](C3)N4CCC#N)cn3ccnc23)n[nH]1. The lowest BCUT2D eigenvalue weighted by atomic mass is 9.97. The van der Waals surface area contributed by atoms with Crippen molar-refractivity contribution in [3.05, 3.63) is 30.4 Å². The van der Waals surface area contributed by atoms with Gasteiger partial charge in [-0.3, -0.25) is 10.00 Å². The third-order valence-electron chi connectivity index (χ3n) is 6.04. The maximum atomic E-state index is 8.92. The highest BCUT2D eigenvalue weighted by atomic mass is 15.2. The van der Waals surface area contributed by atoms with Gasteiger partial charge in [0.15, 0.2) is 17.3 Å². The van der Waals surface area contributed by atoms with Crippen LogP contribution in [0.3, 0.4) is 0 Å². The highest BCUT2D eigenvalue weighted by Gasteiger charge is 2.40. The first-order valence-corrected chi connectivity index (χ1v) is 10.2. The van der Waals surface area contributed by atoms with Gasteiger partial charge in [0, 0.05) is 55.2 Å². The van der Waals surface area contributed by atoms with Crippen molar-refractivity contribution in [2.45, 2.75) is 57.2 Å². The van der Waals surface area contributed by atoms with E-state index in [1.807, 2.05) is 29.8 Å². The van der Waals surface area contributed by atoms with Crippen molar-refractivity contribution in [3.8, 4) is 6.07 Å². The molecule has 0 radical (unpaired) electrons. The lowest BCUT2D eigenvalue weighted by molar-refractivity contribution is 0.135. The second kappa shape index (κ2) is 7.37. The van der Waals surface area contributed by atoms with E-state index < -0.39 is 0 Å². The molecule has 2 unspecified atom stereocenters. The van der Waals surface area contributed by atoms with Crippen LogP contribution in [0.25, 0.3) is 5.65 Å². The molecule has 2 bridgehead atoms. The fourth-order valence-corrected chi connectivity index (χ4v) is 4.83. The zero-order valence-corrected chi connectivity index (χ0v) is 16.5. The minimum absolute atomic E-state index is 0.389. The molecule has 0 spiro atoms. The van der Waals surface area contributed by atoms with Crippen molar-refractivity contribution in [1.82, 2.24) is 29.5 Å². The summed E-state index contributed by atoms with van der Waals surface area (Å²) in [4.78, 5) is 11.8. The first-order valence-electron chi connectivity index (χ1n) is 10.2. The van der Waals surface area contributed by atoms with Crippen LogP contribution >= 0.6 is 0 Å². The van der Waals surface area contributed by atoms with Crippen LogP contribution in [0.15, 0.2) is 24.7 Å². The number of H-pyrrole nitrogens is 1. The molecule has 5 heterocycles. The van der Waals surface area contributed by atoms with Crippen molar-refractivity contribution in [2.24, 2.45) is 0 Å². The number of nitrogens with one attached hydrogen (secondary N) is 3. The number of rotatable bonds is 6. The number of piperidine rings is 1. The van der Waals surface area contributed by atoms with Crippen LogP contribution in [0.2, 0.25) is 0 Å². The number of anilines is 3. The van der Waals surface area contributed by atoms with Crippen molar-refractivity contribution in [2.75, 3.05) is 17.2 Å². The molecule has 2 fully saturated rings. The molecule has 2 saturated heterocycles. The van der Waals surface area contributed by atoms with Crippen molar-refractivity contribution in [1.29, 1.82) is 5.26 Å². The van der Waals surface area contributed by atoms with Gasteiger partial charge < -0.3 is 15.0 Å². The van der Waals surface area contributed by atoms with Crippen LogP contribution in [-0.2, 0) is 0 Å². The van der Waals surface area contributed by atoms with Crippen LogP contribution in [-0.4, -0.2) is 54.1 Å². The molecule has 0 aromatic carbocycles. The van der Waals surface area contributed by atoms with E-state index >= 15 is 0 Å². The molecule has 0 amide bonds. The Balaban J connectivity index is 1.34. The average Bonchev–Trinajstić information content (AvgIpc) is 3.39. The summed E-state index contributed by atoms with van der Waals surface area (Å²) in [5, 5.41) is 23.0. The van der Waals surface area contributed by atoms with Gasteiger partial charge in [0.1, 0.15) is 5.82 Å². The lowest BCUT2D eigenvalue weighted by Gasteiger charge is -2.39. The Hall–Kier alpha value is -3.12. The summed E-state index contributed by atoms with van der Waals surface area (Å²) in [5.74, 6) is 2.24. The summed E-state index contributed by atoms with van der Waals surface area (Å²) in [6, 6.07) is 5.76. The van der Waals surface area contributed by atoms with E-state index in [1.165, 1.54) is 12.8 Å².